The summed E-state index contributed by atoms with van der Waals surface area (Å²) in [6.45, 7) is 6.29. The van der Waals surface area contributed by atoms with Gasteiger partial charge in [-0.3, -0.25) is 14.9 Å². The number of nitriles is 1. The summed E-state index contributed by atoms with van der Waals surface area (Å²) < 4.78 is 28.9. The Labute approximate surface area is 198 Å². The molecule has 8 heteroatoms. The molecule has 6 nitrogen and oxygen atoms in total. The number of likely N-dealkylation sites (tertiary alicyclic amines) is 1. The summed E-state index contributed by atoms with van der Waals surface area (Å²) in [4.78, 5) is 29.6. The van der Waals surface area contributed by atoms with Gasteiger partial charge in [0.15, 0.2) is 0 Å². The molecule has 2 aliphatic heterocycles. The van der Waals surface area contributed by atoms with Gasteiger partial charge in [0, 0.05) is 32.5 Å². The highest BCUT2D eigenvalue weighted by Crippen LogP contribution is 2.36. The van der Waals surface area contributed by atoms with E-state index in [1.807, 2.05) is 24.8 Å². The zero-order valence-electron chi connectivity index (χ0n) is 19.6. The molecular weight excluding hydrogens is 438 g/mol. The number of aryl methyl sites for hydroxylation is 1. The van der Waals surface area contributed by atoms with Crippen LogP contribution in [0.1, 0.15) is 53.7 Å². The molecule has 4 rings (SSSR count). The molecule has 2 aromatic carbocycles. The summed E-state index contributed by atoms with van der Waals surface area (Å²) in [6.07, 6.45) is 0.862. The third kappa shape index (κ3) is 4.16. The highest BCUT2D eigenvalue weighted by Gasteiger charge is 2.52. The summed E-state index contributed by atoms with van der Waals surface area (Å²) in [7, 11) is 0. The molecule has 2 fully saturated rings. The van der Waals surface area contributed by atoms with Crippen molar-refractivity contribution >= 4 is 11.8 Å². The van der Waals surface area contributed by atoms with Crippen LogP contribution in [0.3, 0.4) is 0 Å². The van der Waals surface area contributed by atoms with Crippen molar-refractivity contribution in [2.45, 2.75) is 51.9 Å². The third-order valence-corrected chi connectivity index (χ3v) is 6.91. The largest absolute Gasteiger partial charge is 0.338 e. The molecule has 1 atom stereocenters. The Kier molecular flexibility index (Phi) is 6.41. The van der Waals surface area contributed by atoms with Crippen LogP contribution in [0.5, 0.6) is 0 Å². The van der Waals surface area contributed by atoms with E-state index in [9.17, 15) is 23.6 Å². The second kappa shape index (κ2) is 9.15. The van der Waals surface area contributed by atoms with Crippen LogP contribution in [-0.2, 0) is 11.3 Å². The van der Waals surface area contributed by atoms with E-state index in [1.165, 1.54) is 17.9 Å². The number of hydrogen-bond donors (Lipinski definition) is 1. The number of amides is 2. The van der Waals surface area contributed by atoms with E-state index in [0.29, 0.717) is 24.9 Å². The molecule has 1 N–H and O–H groups in total. The molecule has 34 heavy (non-hydrogen) atoms. The Morgan fingerprint density at radius 1 is 1.24 bits per heavy atom. The minimum Gasteiger partial charge on any atom is -0.338 e. The van der Waals surface area contributed by atoms with Crippen LogP contribution in [0.2, 0.25) is 0 Å². The van der Waals surface area contributed by atoms with E-state index in [1.54, 1.807) is 18.2 Å². The van der Waals surface area contributed by atoms with Gasteiger partial charge in [-0.2, -0.15) is 5.26 Å². The molecule has 2 heterocycles. The van der Waals surface area contributed by atoms with Gasteiger partial charge in [-0.25, -0.2) is 8.78 Å². The first-order valence-electron chi connectivity index (χ1n) is 11.5. The van der Waals surface area contributed by atoms with Gasteiger partial charge in [0.1, 0.15) is 17.2 Å². The number of nitrogens with zero attached hydrogens (tertiary/aromatic N) is 3. The minimum absolute atomic E-state index is 0.0205. The number of carbonyl (C=O) groups is 2. The standard InChI is InChI=1S/C26H28F2N4O2/c1-16(2)23-25(34)32(15-19-6-4-5-18(13-19)14-29)26(30-23)9-11-31(12-10-26)24(33)21-20(27)8-7-17(3)22(21)28/h4-8,13,16,23,30H,9-12,15H2,1-3H3. The second-order valence-corrected chi connectivity index (χ2v) is 9.48. The number of benzene rings is 2. The maximum atomic E-state index is 14.5. The number of nitrogens with one attached hydrogen (secondary N) is 1. The number of rotatable bonds is 4. The molecule has 1 unspecified atom stereocenters. The van der Waals surface area contributed by atoms with E-state index in [2.05, 4.69) is 11.4 Å². The number of piperidine rings is 1. The first-order valence-corrected chi connectivity index (χ1v) is 11.5. The predicted octanol–water partition coefficient (Wildman–Crippen LogP) is 3.73. The van der Waals surface area contributed by atoms with E-state index in [-0.39, 0.29) is 36.5 Å². The lowest BCUT2D eigenvalue weighted by Crippen LogP contribution is -2.59. The summed E-state index contributed by atoms with van der Waals surface area (Å²) in [5.41, 5.74) is 0.382. The van der Waals surface area contributed by atoms with Gasteiger partial charge < -0.3 is 9.80 Å². The molecule has 2 amide bonds. The fourth-order valence-corrected chi connectivity index (χ4v) is 4.92. The van der Waals surface area contributed by atoms with Crippen LogP contribution in [0.15, 0.2) is 36.4 Å². The van der Waals surface area contributed by atoms with Crippen LogP contribution >= 0.6 is 0 Å². The fraction of sp³-hybridized carbons (Fsp3) is 0.423. The summed E-state index contributed by atoms with van der Waals surface area (Å²) >= 11 is 0. The number of carbonyl (C=O) groups excluding carboxylic acids is 2. The van der Waals surface area contributed by atoms with Crippen molar-refractivity contribution in [3.8, 4) is 6.07 Å². The predicted molar refractivity (Wildman–Crippen MR) is 122 cm³/mol. The third-order valence-electron chi connectivity index (χ3n) is 6.91. The van der Waals surface area contributed by atoms with Crippen LogP contribution in [0.25, 0.3) is 0 Å². The van der Waals surface area contributed by atoms with Gasteiger partial charge in [0.25, 0.3) is 5.91 Å². The molecule has 178 valence electrons. The average Bonchev–Trinajstić information content (AvgIpc) is 3.08. The van der Waals surface area contributed by atoms with Crippen LogP contribution in [0, 0.1) is 35.8 Å². The maximum absolute atomic E-state index is 14.5. The van der Waals surface area contributed by atoms with Gasteiger partial charge in [-0.15, -0.1) is 0 Å². The van der Waals surface area contributed by atoms with Crippen molar-refractivity contribution in [1.82, 2.24) is 15.1 Å². The van der Waals surface area contributed by atoms with Gasteiger partial charge in [0.05, 0.1) is 23.3 Å². The Morgan fingerprint density at radius 3 is 2.59 bits per heavy atom. The molecule has 0 aromatic heterocycles. The van der Waals surface area contributed by atoms with Crippen molar-refractivity contribution in [2.75, 3.05) is 13.1 Å². The van der Waals surface area contributed by atoms with Gasteiger partial charge in [-0.05, 0) is 42.2 Å². The Balaban J connectivity index is 1.58. The smallest absolute Gasteiger partial charge is 0.259 e. The van der Waals surface area contributed by atoms with Crippen molar-refractivity contribution in [3.05, 3.63) is 70.3 Å². The molecule has 0 bridgehead atoms. The van der Waals surface area contributed by atoms with Crippen LogP contribution in [0.4, 0.5) is 8.78 Å². The van der Waals surface area contributed by atoms with Crippen molar-refractivity contribution in [2.24, 2.45) is 5.92 Å². The van der Waals surface area contributed by atoms with E-state index >= 15 is 0 Å². The molecule has 2 aliphatic rings. The Bertz CT molecular complexity index is 1170. The second-order valence-electron chi connectivity index (χ2n) is 9.48. The zero-order chi connectivity index (χ0) is 24.6. The lowest BCUT2D eigenvalue weighted by atomic mass is 9.94. The zero-order valence-corrected chi connectivity index (χ0v) is 19.6. The Hall–Kier alpha value is -3.31. The molecular formula is C26H28F2N4O2. The molecule has 1 spiro atoms. The molecule has 0 aliphatic carbocycles. The number of halogens is 2. The summed E-state index contributed by atoms with van der Waals surface area (Å²) in [5.74, 6) is -2.34. The Morgan fingerprint density at radius 2 is 1.94 bits per heavy atom. The minimum atomic E-state index is -0.874. The summed E-state index contributed by atoms with van der Waals surface area (Å²) in [5, 5.41) is 12.7. The molecule has 2 saturated heterocycles. The molecule has 0 saturated carbocycles. The fourth-order valence-electron chi connectivity index (χ4n) is 4.92. The highest BCUT2D eigenvalue weighted by atomic mass is 19.1. The van der Waals surface area contributed by atoms with Crippen molar-refractivity contribution in [1.29, 1.82) is 5.26 Å². The van der Waals surface area contributed by atoms with Gasteiger partial charge in [0.2, 0.25) is 5.91 Å². The first-order chi connectivity index (χ1) is 16.2. The van der Waals surface area contributed by atoms with E-state index < -0.39 is 28.8 Å². The SMILES string of the molecule is Cc1ccc(F)c(C(=O)N2CCC3(CC2)NC(C(C)C)C(=O)N3Cc2cccc(C#N)c2)c1F. The monoisotopic (exact) mass is 466 g/mol. The molecule has 0 radical (unpaired) electrons. The lowest BCUT2D eigenvalue weighted by Gasteiger charge is -2.45. The first kappa shape index (κ1) is 23.8. The topological polar surface area (TPSA) is 76.4 Å². The highest BCUT2D eigenvalue weighted by molar-refractivity contribution is 5.95. The van der Waals surface area contributed by atoms with Gasteiger partial charge in [-0.1, -0.05) is 32.0 Å². The quantitative estimate of drug-likeness (QED) is 0.745. The molecule has 2 aromatic rings. The van der Waals surface area contributed by atoms with Gasteiger partial charge >= 0.3 is 0 Å². The number of hydrogen-bond acceptors (Lipinski definition) is 4. The normalized spacial score (nSPS) is 19.7. The van der Waals surface area contributed by atoms with Crippen molar-refractivity contribution in [3.63, 3.8) is 0 Å². The lowest BCUT2D eigenvalue weighted by molar-refractivity contribution is -0.134. The van der Waals surface area contributed by atoms with Crippen LogP contribution < -0.4 is 5.32 Å². The van der Waals surface area contributed by atoms with E-state index in [0.717, 1.165) is 11.6 Å². The summed E-state index contributed by atoms with van der Waals surface area (Å²) in [6, 6.07) is 11.3. The van der Waals surface area contributed by atoms with Crippen LogP contribution in [-0.4, -0.2) is 46.4 Å². The van der Waals surface area contributed by atoms with Crippen molar-refractivity contribution < 1.29 is 18.4 Å². The van der Waals surface area contributed by atoms with E-state index in [4.69, 9.17) is 0 Å². The average molecular weight is 467 g/mol. The maximum Gasteiger partial charge on any atom is 0.259 e.